The third kappa shape index (κ3) is 3.98. The van der Waals surface area contributed by atoms with Crippen LogP contribution in [0.4, 0.5) is 4.79 Å². The highest BCUT2D eigenvalue weighted by molar-refractivity contribution is 5.90. The molecule has 2 heterocycles. The number of amides is 2. The Hall–Kier alpha value is -1.83. The Kier molecular flexibility index (Phi) is 5.37. The lowest BCUT2D eigenvalue weighted by molar-refractivity contribution is -0.153. The van der Waals surface area contributed by atoms with Crippen LogP contribution in [0.5, 0.6) is 0 Å². The van der Waals surface area contributed by atoms with Crippen LogP contribution in [0.1, 0.15) is 46.5 Å². The first-order valence-electron chi connectivity index (χ1n) is 8.21. The van der Waals surface area contributed by atoms with Crippen molar-refractivity contribution in [1.29, 1.82) is 0 Å². The number of hydrogen-bond donors (Lipinski definition) is 2. The number of esters is 1. The zero-order valence-electron chi connectivity index (χ0n) is 14.6. The molecule has 0 aromatic rings. The number of carbonyl (C=O) groups excluding carboxylic acids is 3. The summed E-state index contributed by atoms with van der Waals surface area (Å²) in [5.41, 5.74) is -0.678. The van der Waals surface area contributed by atoms with Gasteiger partial charge in [0.2, 0.25) is 5.91 Å². The molecule has 0 radical (unpaired) electrons. The van der Waals surface area contributed by atoms with E-state index < -0.39 is 41.9 Å². The van der Waals surface area contributed by atoms with Crippen LogP contribution in [0.2, 0.25) is 0 Å². The number of fused-ring (bicyclic) bond motifs is 1. The standard InChI is InChI=1S/C16H26N2O6/c1-16(2,3)24-15(22)17-9-5-8-12(19)10-6-7-11(14(21)23-4)18(10)13(9)20/h9-12,19H,5-8H2,1-4H3,(H,17,22)/t9-,10-,11-,12+/m0/s1. The summed E-state index contributed by atoms with van der Waals surface area (Å²) in [6, 6.07) is -1.97. The number of ether oxygens (including phenoxy) is 2. The number of aliphatic hydroxyl groups excluding tert-OH is 1. The van der Waals surface area contributed by atoms with E-state index in [0.29, 0.717) is 25.7 Å². The second-order valence-electron chi connectivity index (χ2n) is 7.27. The molecule has 0 bridgehead atoms. The van der Waals surface area contributed by atoms with Gasteiger partial charge in [0.15, 0.2) is 0 Å². The molecule has 4 atom stereocenters. The van der Waals surface area contributed by atoms with Crippen molar-refractivity contribution in [3.8, 4) is 0 Å². The van der Waals surface area contributed by atoms with Crippen molar-refractivity contribution in [3.63, 3.8) is 0 Å². The summed E-state index contributed by atoms with van der Waals surface area (Å²) in [5, 5.41) is 12.9. The Morgan fingerprint density at radius 1 is 1.21 bits per heavy atom. The minimum absolute atomic E-state index is 0.292. The average Bonchev–Trinajstić information content (AvgIpc) is 2.88. The first-order chi connectivity index (χ1) is 11.1. The van der Waals surface area contributed by atoms with E-state index in [1.165, 1.54) is 12.0 Å². The Labute approximate surface area is 141 Å². The Morgan fingerprint density at radius 3 is 2.46 bits per heavy atom. The summed E-state index contributed by atoms with van der Waals surface area (Å²) >= 11 is 0. The van der Waals surface area contributed by atoms with Crippen LogP contribution in [0.15, 0.2) is 0 Å². The van der Waals surface area contributed by atoms with Crippen molar-refractivity contribution in [2.24, 2.45) is 0 Å². The third-order valence-electron chi connectivity index (χ3n) is 4.34. The van der Waals surface area contributed by atoms with E-state index in [-0.39, 0.29) is 5.91 Å². The van der Waals surface area contributed by atoms with Crippen molar-refractivity contribution >= 4 is 18.0 Å². The van der Waals surface area contributed by atoms with Gasteiger partial charge in [-0.2, -0.15) is 0 Å². The third-order valence-corrected chi connectivity index (χ3v) is 4.34. The van der Waals surface area contributed by atoms with Crippen molar-refractivity contribution < 1.29 is 29.0 Å². The second-order valence-corrected chi connectivity index (χ2v) is 7.27. The first-order valence-corrected chi connectivity index (χ1v) is 8.21. The maximum atomic E-state index is 12.8. The molecular weight excluding hydrogens is 316 g/mol. The van der Waals surface area contributed by atoms with E-state index in [1.54, 1.807) is 20.8 Å². The van der Waals surface area contributed by atoms with Gasteiger partial charge in [-0.05, 0) is 46.5 Å². The summed E-state index contributed by atoms with van der Waals surface area (Å²) in [6.07, 6.45) is 0.212. The van der Waals surface area contributed by atoms with Crippen LogP contribution in [0.25, 0.3) is 0 Å². The molecule has 2 rings (SSSR count). The smallest absolute Gasteiger partial charge is 0.408 e. The number of aliphatic hydroxyl groups is 1. The number of nitrogens with zero attached hydrogens (tertiary/aromatic N) is 1. The zero-order chi connectivity index (χ0) is 18.1. The van der Waals surface area contributed by atoms with Crippen molar-refractivity contribution in [1.82, 2.24) is 10.2 Å². The van der Waals surface area contributed by atoms with Gasteiger partial charge in [0, 0.05) is 0 Å². The quantitative estimate of drug-likeness (QED) is 0.711. The number of hydrogen-bond acceptors (Lipinski definition) is 6. The number of carbonyl (C=O) groups is 3. The first kappa shape index (κ1) is 18.5. The maximum Gasteiger partial charge on any atom is 0.408 e. The van der Waals surface area contributed by atoms with Crippen LogP contribution in [-0.4, -0.2) is 64.9 Å². The topological polar surface area (TPSA) is 105 Å². The van der Waals surface area contributed by atoms with Gasteiger partial charge in [0.25, 0.3) is 0 Å². The highest BCUT2D eigenvalue weighted by Gasteiger charge is 2.48. The summed E-state index contributed by atoms with van der Waals surface area (Å²) in [5.74, 6) is -0.883. The molecule has 2 aliphatic rings. The van der Waals surface area contributed by atoms with Crippen molar-refractivity contribution in [2.45, 2.75) is 76.3 Å². The van der Waals surface area contributed by atoms with Crippen LogP contribution in [0.3, 0.4) is 0 Å². The lowest BCUT2D eigenvalue weighted by Gasteiger charge is -2.31. The predicted molar refractivity (Wildman–Crippen MR) is 84.1 cm³/mol. The monoisotopic (exact) mass is 342 g/mol. The summed E-state index contributed by atoms with van der Waals surface area (Å²) in [4.78, 5) is 38.1. The predicted octanol–water partition coefficient (Wildman–Crippen LogP) is 0.567. The molecule has 8 heteroatoms. The Morgan fingerprint density at radius 2 is 1.88 bits per heavy atom. The van der Waals surface area contributed by atoms with Crippen LogP contribution in [0, 0.1) is 0 Å². The van der Waals surface area contributed by atoms with Crippen molar-refractivity contribution in [2.75, 3.05) is 7.11 Å². The normalized spacial score (nSPS) is 30.4. The highest BCUT2D eigenvalue weighted by Crippen LogP contribution is 2.32. The van der Waals surface area contributed by atoms with Gasteiger partial charge >= 0.3 is 12.1 Å². The molecule has 24 heavy (non-hydrogen) atoms. The van der Waals surface area contributed by atoms with E-state index in [1.807, 2.05) is 0 Å². The number of methoxy groups -OCH3 is 1. The second kappa shape index (κ2) is 6.96. The van der Waals surface area contributed by atoms with E-state index in [2.05, 4.69) is 5.32 Å². The lowest BCUT2D eigenvalue weighted by Crippen LogP contribution is -2.54. The van der Waals surface area contributed by atoms with Gasteiger partial charge in [-0.15, -0.1) is 0 Å². The number of alkyl carbamates (subject to hydrolysis) is 1. The van der Waals surface area contributed by atoms with Gasteiger partial charge in [0.1, 0.15) is 17.7 Å². The fourth-order valence-electron chi connectivity index (χ4n) is 3.32. The molecule has 136 valence electrons. The molecule has 2 saturated heterocycles. The van der Waals surface area contributed by atoms with Gasteiger partial charge in [0.05, 0.1) is 19.3 Å². The number of nitrogens with one attached hydrogen (secondary N) is 1. The minimum Gasteiger partial charge on any atom is -0.467 e. The van der Waals surface area contributed by atoms with E-state index >= 15 is 0 Å². The largest absolute Gasteiger partial charge is 0.467 e. The van der Waals surface area contributed by atoms with E-state index in [9.17, 15) is 19.5 Å². The van der Waals surface area contributed by atoms with Gasteiger partial charge < -0.3 is 24.8 Å². The fraction of sp³-hybridized carbons (Fsp3) is 0.812. The minimum atomic E-state index is -0.829. The summed E-state index contributed by atoms with van der Waals surface area (Å²) in [7, 11) is 1.27. The molecule has 0 aliphatic carbocycles. The molecule has 2 amide bonds. The Bertz CT molecular complexity index is 515. The summed E-state index contributed by atoms with van der Waals surface area (Å²) < 4.78 is 9.95. The molecule has 8 nitrogen and oxygen atoms in total. The van der Waals surface area contributed by atoms with Crippen LogP contribution < -0.4 is 5.32 Å². The SMILES string of the molecule is COC(=O)[C@@H]1CC[C@H]2[C@H](O)CC[C@H](NC(=O)OC(C)(C)C)C(=O)N12. The van der Waals surface area contributed by atoms with Gasteiger partial charge in [-0.3, -0.25) is 4.79 Å². The molecule has 2 N–H and O–H groups in total. The Balaban J connectivity index is 2.16. The summed E-state index contributed by atoms with van der Waals surface area (Å²) in [6.45, 7) is 5.19. The zero-order valence-corrected chi connectivity index (χ0v) is 14.6. The molecule has 0 spiro atoms. The van der Waals surface area contributed by atoms with Crippen LogP contribution in [-0.2, 0) is 19.1 Å². The van der Waals surface area contributed by atoms with Crippen LogP contribution >= 0.6 is 0 Å². The molecule has 0 aromatic carbocycles. The maximum absolute atomic E-state index is 12.8. The molecular formula is C16H26N2O6. The number of rotatable bonds is 2. The van der Waals surface area contributed by atoms with Crippen molar-refractivity contribution in [3.05, 3.63) is 0 Å². The highest BCUT2D eigenvalue weighted by atomic mass is 16.6. The van der Waals surface area contributed by atoms with E-state index in [4.69, 9.17) is 9.47 Å². The molecule has 0 unspecified atom stereocenters. The molecule has 0 aromatic heterocycles. The molecule has 0 saturated carbocycles. The van der Waals surface area contributed by atoms with E-state index in [0.717, 1.165) is 0 Å². The fourth-order valence-corrected chi connectivity index (χ4v) is 3.32. The molecule has 2 aliphatic heterocycles. The average molecular weight is 342 g/mol. The van der Waals surface area contributed by atoms with Gasteiger partial charge in [-0.25, -0.2) is 9.59 Å². The van der Waals surface area contributed by atoms with Gasteiger partial charge in [-0.1, -0.05) is 0 Å². The lowest BCUT2D eigenvalue weighted by atomic mass is 10.0. The molecule has 2 fully saturated rings.